The number of pyridine rings is 2. The smallest absolute Gasteiger partial charge is 0.272 e. The van der Waals surface area contributed by atoms with Gasteiger partial charge in [0.1, 0.15) is 5.82 Å². The van der Waals surface area contributed by atoms with Crippen molar-refractivity contribution in [1.82, 2.24) is 24.7 Å². The number of nitrogens with one attached hydrogen (secondary N) is 1. The Morgan fingerprint density at radius 3 is 1.71 bits per heavy atom. The third-order valence-corrected chi connectivity index (χ3v) is 8.39. The molecule has 1 N–H and O–H groups in total. The molecule has 0 aliphatic carbocycles. The third kappa shape index (κ3) is 21.0. The van der Waals surface area contributed by atoms with Gasteiger partial charge in [-0.2, -0.15) is 0 Å². The fraction of sp³-hybridized carbons (Fsp3) is 0.750. The van der Waals surface area contributed by atoms with Gasteiger partial charge in [-0.25, -0.2) is 13.8 Å². The first-order chi connectivity index (χ1) is 22.0. The molecule has 2 aliphatic heterocycles. The highest BCUT2D eigenvalue weighted by molar-refractivity contribution is 5.33. The van der Waals surface area contributed by atoms with Gasteiger partial charge in [0.25, 0.3) is 5.92 Å². The third-order valence-electron chi connectivity index (χ3n) is 8.39. The summed E-state index contributed by atoms with van der Waals surface area (Å²) in [5.41, 5.74) is 2.88. The number of hydrogen-bond acceptors (Lipinski definition) is 6. The topological polar surface area (TPSA) is 47.5 Å². The lowest BCUT2D eigenvalue weighted by Crippen LogP contribution is -2.66. The summed E-state index contributed by atoms with van der Waals surface area (Å²) in [6, 6.07) is 12.0. The van der Waals surface area contributed by atoms with E-state index in [0.29, 0.717) is 21.8 Å². The summed E-state index contributed by atoms with van der Waals surface area (Å²) in [5, 5.41) is 3.27. The minimum atomic E-state index is -2.38. The van der Waals surface area contributed by atoms with Crippen LogP contribution in [0.3, 0.4) is 0 Å². The number of rotatable bonds is 10. The Morgan fingerprint density at radius 1 is 0.750 bits per heavy atom. The van der Waals surface area contributed by atoms with Crippen LogP contribution in [0, 0.1) is 16.2 Å². The zero-order valence-corrected chi connectivity index (χ0v) is 33.1. The number of hydrogen-bond donors (Lipinski definition) is 1. The van der Waals surface area contributed by atoms with Crippen LogP contribution in [0.25, 0.3) is 0 Å². The fourth-order valence-corrected chi connectivity index (χ4v) is 5.10. The Kier molecular flexibility index (Phi) is 18.2. The highest BCUT2D eigenvalue weighted by atomic mass is 19.3. The molecular formula is C40H72F2N6. The van der Waals surface area contributed by atoms with Gasteiger partial charge in [-0.05, 0) is 107 Å². The molecule has 0 radical (unpaired) electrons. The molecule has 2 aliphatic rings. The molecule has 0 spiro atoms. The largest absolute Gasteiger partial charge is 0.370 e. The second-order valence-corrected chi connectivity index (χ2v) is 17.8. The van der Waals surface area contributed by atoms with E-state index < -0.39 is 5.92 Å². The Labute approximate surface area is 294 Å². The molecule has 276 valence electrons. The molecule has 0 unspecified atom stereocenters. The molecule has 0 aromatic carbocycles. The summed E-state index contributed by atoms with van der Waals surface area (Å²) in [6.45, 7) is 30.2. The van der Waals surface area contributed by atoms with Crippen molar-refractivity contribution in [3.63, 3.8) is 0 Å². The number of likely N-dealkylation sites (tertiary alicyclic amines) is 2. The average Bonchev–Trinajstić information content (AvgIpc) is 2.93. The van der Waals surface area contributed by atoms with Crippen molar-refractivity contribution >= 4 is 5.82 Å². The summed E-state index contributed by atoms with van der Waals surface area (Å²) in [6.07, 6.45) is 9.55. The summed E-state index contributed by atoms with van der Waals surface area (Å²) in [4.78, 5) is 15.1. The van der Waals surface area contributed by atoms with E-state index in [4.69, 9.17) is 0 Å². The van der Waals surface area contributed by atoms with Gasteiger partial charge < -0.3 is 10.2 Å². The average molecular weight is 675 g/mol. The van der Waals surface area contributed by atoms with Gasteiger partial charge in [0.2, 0.25) is 0 Å². The van der Waals surface area contributed by atoms with Crippen LogP contribution >= 0.6 is 0 Å². The van der Waals surface area contributed by atoms with Gasteiger partial charge in [-0.3, -0.25) is 14.8 Å². The first-order valence-corrected chi connectivity index (χ1v) is 18.1. The van der Waals surface area contributed by atoms with Crippen LogP contribution in [0.15, 0.2) is 48.8 Å². The quantitative estimate of drug-likeness (QED) is 0.271. The molecule has 4 rings (SSSR count). The Balaban J connectivity index is 0.000000323. The van der Waals surface area contributed by atoms with Gasteiger partial charge in [-0.1, -0.05) is 81.4 Å². The van der Waals surface area contributed by atoms with Gasteiger partial charge in [0, 0.05) is 43.3 Å². The molecule has 2 aromatic heterocycles. The molecule has 0 atom stereocenters. The maximum absolute atomic E-state index is 12.1. The maximum Gasteiger partial charge on any atom is 0.272 e. The lowest BCUT2D eigenvalue weighted by molar-refractivity contribution is -0.130. The van der Waals surface area contributed by atoms with Crippen molar-refractivity contribution in [3.8, 4) is 0 Å². The van der Waals surface area contributed by atoms with Gasteiger partial charge in [-0.15, -0.1) is 0 Å². The summed E-state index contributed by atoms with van der Waals surface area (Å²) in [7, 11) is 4.36. The number of nitrogens with zero attached hydrogens (tertiary/aromatic N) is 5. The molecule has 2 aromatic rings. The van der Waals surface area contributed by atoms with Crippen molar-refractivity contribution in [2.45, 2.75) is 120 Å². The number of alkyl halides is 2. The maximum atomic E-state index is 12.1. The monoisotopic (exact) mass is 675 g/mol. The molecular weight excluding hydrogens is 602 g/mol. The van der Waals surface area contributed by atoms with Crippen LogP contribution in [0.2, 0.25) is 0 Å². The number of likely N-dealkylation sites (N-methyl/N-ethyl adjacent to an activating group) is 1. The molecule has 2 fully saturated rings. The highest BCUT2D eigenvalue weighted by Gasteiger charge is 2.43. The summed E-state index contributed by atoms with van der Waals surface area (Å²) in [5.74, 6) is -1.43. The normalized spacial score (nSPS) is 17.3. The van der Waals surface area contributed by atoms with Crippen molar-refractivity contribution in [2.24, 2.45) is 16.2 Å². The first kappa shape index (κ1) is 43.9. The molecule has 48 heavy (non-hydrogen) atoms. The van der Waals surface area contributed by atoms with Crippen LogP contribution in [-0.2, 0) is 6.42 Å². The van der Waals surface area contributed by atoms with E-state index in [1.807, 2.05) is 37.4 Å². The fourth-order valence-electron chi connectivity index (χ4n) is 5.10. The Bertz CT molecular complexity index is 1090. The second kappa shape index (κ2) is 19.9. The molecule has 8 heteroatoms. The lowest BCUT2D eigenvalue weighted by atomic mass is 9.87. The summed E-state index contributed by atoms with van der Waals surface area (Å²) >= 11 is 0. The minimum absolute atomic E-state index is 0.0269. The van der Waals surface area contributed by atoms with Crippen LogP contribution in [0.4, 0.5) is 14.6 Å². The van der Waals surface area contributed by atoms with Crippen LogP contribution in [-0.4, -0.2) is 96.0 Å². The minimum Gasteiger partial charge on any atom is -0.370 e. The predicted octanol–water partition coefficient (Wildman–Crippen LogP) is 9.40. The van der Waals surface area contributed by atoms with Crippen LogP contribution < -0.4 is 5.32 Å². The standard InChI is InChI=1S/C12H26N2.C12H19N.C10H16N2.C6H11F2N/c1-11(2,3)7-8-14-9-12(4,10-14)13(5)6;1-12(2,3)9-6-8-11-7-4-5-10-13-11;1-10(2,3)8-12-9-6-4-5-7-11-9;1-2-3-9-4-6(7,8)5-9/h7-10H2,1-6H3;4-5,7,10H,6,8-9H2,1-3H3;4-7H,8H2,1-3H3,(H,11,12);2-5H2,1H3. The van der Waals surface area contributed by atoms with E-state index in [0.717, 1.165) is 31.7 Å². The Hall–Kier alpha value is -2.16. The van der Waals surface area contributed by atoms with E-state index in [2.05, 4.69) is 121 Å². The van der Waals surface area contributed by atoms with E-state index in [1.54, 1.807) is 11.1 Å². The zero-order valence-electron chi connectivity index (χ0n) is 33.1. The predicted molar refractivity (Wildman–Crippen MR) is 203 cm³/mol. The van der Waals surface area contributed by atoms with Gasteiger partial charge in [0.15, 0.2) is 0 Å². The number of anilines is 1. The van der Waals surface area contributed by atoms with Crippen LogP contribution in [0.1, 0.15) is 108 Å². The molecule has 0 amide bonds. The van der Waals surface area contributed by atoms with E-state index in [1.165, 1.54) is 44.6 Å². The van der Waals surface area contributed by atoms with Crippen molar-refractivity contribution in [3.05, 3.63) is 54.5 Å². The van der Waals surface area contributed by atoms with E-state index in [-0.39, 0.29) is 13.1 Å². The SMILES string of the molecule is CC(C)(C)CCCc1ccccn1.CC(C)(C)CNc1ccccn1.CCCN1CC(F)(F)C1.CN(C)C1(C)CN(CCC(C)(C)C)C1. The molecule has 6 nitrogen and oxygen atoms in total. The molecule has 0 saturated carbocycles. The van der Waals surface area contributed by atoms with Crippen molar-refractivity contribution < 1.29 is 8.78 Å². The zero-order chi connectivity index (χ0) is 36.7. The molecule has 0 bridgehead atoms. The summed E-state index contributed by atoms with van der Waals surface area (Å²) < 4.78 is 24.1. The number of aryl methyl sites for hydroxylation is 1. The van der Waals surface area contributed by atoms with Crippen LogP contribution in [0.5, 0.6) is 0 Å². The number of aromatic nitrogens is 2. The second-order valence-electron chi connectivity index (χ2n) is 17.8. The van der Waals surface area contributed by atoms with E-state index >= 15 is 0 Å². The molecule has 4 heterocycles. The Morgan fingerprint density at radius 2 is 1.29 bits per heavy atom. The number of halogens is 2. The van der Waals surface area contributed by atoms with Crippen molar-refractivity contribution in [2.75, 3.05) is 65.2 Å². The lowest BCUT2D eigenvalue weighted by Gasteiger charge is -2.52. The first-order valence-electron chi connectivity index (χ1n) is 18.1. The van der Waals surface area contributed by atoms with E-state index in [9.17, 15) is 8.78 Å². The van der Waals surface area contributed by atoms with Gasteiger partial charge in [0.05, 0.1) is 13.1 Å². The van der Waals surface area contributed by atoms with Crippen molar-refractivity contribution in [1.29, 1.82) is 0 Å². The molecule has 2 saturated heterocycles. The highest BCUT2D eigenvalue weighted by Crippen LogP contribution is 2.28. The van der Waals surface area contributed by atoms with Gasteiger partial charge >= 0.3 is 0 Å².